The number of aliphatic hydroxyl groups excluding tert-OH is 1. The number of hydrogen-bond acceptors (Lipinski definition) is 4. The Morgan fingerprint density at radius 2 is 2.19 bits per heavy atom. The van der Waals surface area contributed by atoms with Crippen molar-refractivity contribution in [3.8, 4) is 0 Å². The molecular formula is C9H9ClN2O4. The van der Waals surface area contributed by atoms with E-state index in [1.54, 1.807) is 0 Å². The van der Waals surface area contributed by atoms with Crippen molar-refractivity contribution < 1.29 is 19.8 Å². The number of carbonyl (C=O) groups excluding carboxylic acids is 1. The first-order valence-electron chi connectivity index (χ1n) is 4.30. The zero-order valence-electron chi connectivity index (χ0n) is 8.05. The fourth-order valence-electron chi connectivity index (χ4n) is 0.937. The number of hydrogen-bond donors (Lipinski definition) is 3. The standard InChI is InChI=1S/C9H9ClN2O4/c10-7-2-1-5(3-11-7)8(14)12-6(4-13)9(15)16/h1-3,6,13H,4H2,(H,12,14)(H,15,16)/t6-/m1/s1. The van der Waals surface area contributed by atoms with Gasteiger partial charge >= 0.3 is 5.97 Å². The van der Waals surface area contributed by atoms with Crippen molar-refractivity contribution in [3.05, 3.63) is 29.0 Å². The van der Waals surface area contributed by atoms with Gasteiger partial charge in [-0.25, -0.2) is 9.78 Å². The second kappa shape index (κ2) is 5.43. The highest BCUT2D eigenvalue weighted by Gasteiger charge is 2.19. The van der Waals surface area contributed by atoms with Gasteiger partial charge in [0.15, 0.2) is 6.04 Å². The van der Waals surface area contributed by atoms with E-state index in [1.807, 2.05) is 0 Å². The van der Waals surface area contributed by atoms with E-state index >= 15 is 0 Å². The smallest absolute Gasteiger partial charge is 0.328 e. The van der Waals surface area contributed by atoms with E-state index in [0.717, 1.165) is 0 Å². The number of aromatic nitrogens is 1. The molecule has 0 fully saturated rings. The first kappa shape index (κ1) is 12.4. The summed E-state index contributed by atoms with van der Waals surface area (Å²) in [4.78, 5) is 25.7. The predicted octanol–water partition coefficient (Wildman–Crippen LogP) is -0.0897. The highest BCUT2D eigenvalue weighted by atomic mass is 35.5. The number of halogens is 1. The Kier molecular flexibility index (Phi) is 4.21. The summed E-state index contributed by atoms with van der Waals surface area (Å²) in [6, 6.07) is 1.48. The lowest BCUT2D eigenvalue weighted by Gasteiger charge is -2.11. The monoisotopic (exact) mass is 244 g/mol. The topological polar surface area (TPSA) is 99.5 Å². The molecule has 0 radical (unpaired) electrons. The number of carbonyl (C=O) groups is 2. The van der Waals surface area contributed by atoms with Crippen molar-refractivity contribution in [1.29, 1.82) is 0 Å². The molecule has 0 aliphatic carbocycles. The molecular weight excluding hydrogens is 236 g/mol. The van der Waals surface area contributed by atoms with Gasteiger partial charge in [-0.3, -0.25) is 4.79 Å². The fraction of sp³-hybridized carbons (Fsp3) is 0.222. The van der Waals surface area contributed by atoms with Crippen molar-refractivity contribution >= 4 is 23.5 Å². The number of carboxylic acids is 1. The summed E-state index contributed by atoms with van der Waals surface area (Å²) >= 11 is 5.52. The maximum Gasteiger partial charge on any atom is 0.328 e. The molecule has 0 aliphatic heterocycles. The first-order valence-corrected chi connectivity index (χ1v) is 4.68. The maximum atomic E-state index is 11.5. The van der Waals surface area contributed by atoms with Crippen molar-refractivity contribution in [2.45, 2.75) is 6.04 Å². The van der Waals surface area contributed by atoms with Crippen LogP contribution in [0.4, 0.5) is 0 Å². The van der Waals surface area contributed by atoms with E-state index in [2.05, 4.69) is 10.3 Å². The fourth-order valence-corrected chi connectivity index (χ4v) is 1.05. The van der Waals surface area contributed by atoms with Crippen LogP contribution in [0, 0.1) is 0 Å². The van der Waals surface area contributed by atoms with E-state index in [1.165, 1.54) is 18.3 Å². The number of amides is 1. The zero-order valence-corrected chi connectivity index (χ0v) is 8.81. The average Bonchev–Trinajstić information content (AvgIpc) is 2.26. The Morgan fingerprint density at radius 3 is 2.62 bits per heavy atom. The van der Waals surface area contributed by atoms with Gasteiger partial charge < -0.3 is 15.5 Å². The van der Waals surface area contributed by atoms with Crippen LogP contribution >= 0.6 is 11.6 Å². The molecule has 6 nitrogen and oxygen atoms in total. The number of carboxylic acid groups (broad SMARTS) is 1. The molecule has 3 N–H and O–H groups in total. The normalized spacial score (nSPS) is 11.9. The molecule has 0 unspecified atom stereocenters. The van der Waals surface area contributed by atoms with Crippen LogP contribution in [0.1, 0.15) is 10.4 Å². The van der Waals surface area contributed by atoms with Gasteiger partial charge in [-0.05, 0) is 12.1 Å². The summed E-state index contributed by atoms with van der Waals surface area (Å²) in [5.41, 5.74) is 0.170. The molecule has 1 rings (SSSR count). The van der Waals surface area contributed by atoms with Crippen molar-refractivity contribution in [2.75, 3.05) is 6.61 Å². The summed E-state index contributed by atoms with van der Waals surface area (Å²) in [6.07, 6.45) is 1.22. The van der Waals surface area contributed by atoms with E-state index in [0.29, 0.717) is 0 Å². The molecule has 0 saturated heterocycles. The van der Waals surface area contributed by atoms with Crippen molar-refractivity contribution in [3.63, 3.8) is 0 Å². The minimum atomic E-state index is -1.33. The zero-order chi connectivity index (χ0) is 12.1. The highest BCUT2D eigenvalue weighted by molar-refractivity contribution is 6.29. The number of aliphatic carboxylic acids is 1. The van der Waals surface area contributed by atoms with Gasteiger partial charge in [-0.15, -0.1) is 0 Å². The van der Waals surface area contributed by atoms with Crippen molar-refractivity contribution in [2.24, 2.45) is 0 Å². The van der Waals surface area contributed by atoms with Gasteiger partial charge in [0.25, 0.3) is 5.91 Å². The largest absolute Gasteiger partial charge is 0.480 e. The summed E-state index contributed by atoms with van der Waals surface area (Å²) in [6.45, 7) is -0.678. The number of pyridine rings is 1. The second-order valence-corrected chi connectivity index (χ2v) is 3.30. The number of nitrogens with one attached hydrogen (secondary N) is 1. The number of rotatable bonds is 4. The third kappa shape index (κ3) is 3.18. The van der Waals surface area contributed by atoms with Crippen LogP contribution in [-0.2, 0) is 4.79 Å². The summed E-state index contributed by atoms with van der Waals surface area (Å²) < 4.78 is 0. The molecule has 1 heterocycles. The molecule has 0 aliphatic rings. The molecule has 1 amide bonds. The molecule has 7 heteroatoms. The third-order valence-corrected chi connectivity index (χ3v) is 2.00. The van der Waals surface area contributed by atoms with Crippen LogP contribution in [0.25, 0.3) is 0 Å². The van der Waals surface area contributed by atoms with Crippen LogP contribution in [0.5, 0.6) is 0 Å². The third-order valence-electron chi connectivity index (χ3n) is 1.78. The van der Waals surface area contributed by atoms with Crippen LogP contribution in [0.15, 0.2) is 18.3 Å². The minimum absolute atomic E-state index is 0.170. The summed E-state index contributed by atoms with van der Waals surface area (Å²) in [7, 11) is 0. The summed E-state index contributed by atoms with van der Waals surface area (Å²) in [5, 5.41) is 19.7. The molecule has 1 atom stereocenters. The molecule has 1 aromatic heterocycles. The Balaban J connectivity index is 2.71. The van der Waals surface area contributed by atoms with Gasteiger partial charge in [0.1, 0.15) is 5.15 Å². The molecule has 0 saturated carbocycles. The van der Waals surface area contributed by atoms with E-state index in [9.17, 15) is 9.59 Å². The first-order chi connectivity index (χ1) is 7.54. The number of nitrogens with zero attached hydrogens (tertiary/aromatic N) is 1. The lowest BCUT2D eigenvalue weighted by Crippen LogP contribution is -2.43. The van der Waals surface area contributed by atoms with Gasteiger partial charge in [0.2, 0.25) is 0 Å². The molecule has 0 bridgehead atoms. The van der Waals surface area contributed by atoms with E-state index < -0.39 is 24.5 Å². The van der Waals surface area contributed by atoms with Crippen LogP contribution in [0.2, 0.25) is 5.15 Å². The van der Waals surface area contributed by atoms with Gasteiger partial charge in [0, 0.05) is 6.20 Å². The SMILES string of the molecule is O=C(N[C@H](CO)C(=O)O)c1ccc(Cl)nc1. The molecule has 1 aromatic rings. The molecule has 86 valence electrons. The van der Waals surface area contributed by atoms with Gasteiger partial charge in [-0.1, -0.05) is 11.6 Å². The molecule has 0 spiro atoms. The molecule has 16 heavy (non-hydrogen) atoms. The molecule has 0 aromatic carbocycles. The van der Waals surface area contributed by atoms with Gasteiger partial charge in [-0.2, -0.15) is 0 Å². The van der Waals surface area contributed by atoms with Crippen molar-refractivity contribution in [1.82, 2.24) is 10.3 Å². The van der Waals surface area contributed by atoms with Gasteiger partial charge in [0.05, 0.1) is 12.2 Å². The predicted molar refractivity (Wildman–Crippen MR) is 55.2 cm³/mol. The Hall–Kier alpha value is -1.66. The average molecular weight is 245 g/mol. The Labute approximate surface area is 95.9 Å². The lowest BCUT2D eigenvalue weighted by atomic mass is 10.2. The van der Waals surface area contributed by atoms with E-state index in [-0.39, 0.29) is 10.7 Å². The maximum absolute atomic E-state index is 11.5. The minimum Gasteiger partial charge on any atom is -0.480 e. The lowest BCUT2D eigenvalue weighted by molar-refractivity contribution is -0.140. The summed E-state index contributed by atoms with van der Waals surface area (Å²) in [5.74, 6) is -1.94. The van der Waals surface area contributed by atoms with E-state index in [4.69, 9.17) is 21.8 Å². The highest BCUT2D eigenvalue weighted by Crippen LogP contribution is 2.05. The Morgan fingerprint density at radius 1 is 1.50 bits per heavy atom. The quantitative estimate of drug-likeness (QED) is 0.643. The second-order valence-electron chi connectivity index (χ2n) is 2.92. The van der Waals surface area contributed by atoms with Crippen LogP contribution in [0.3, 0.4) is 0 Å². The van der Waals surface area contributed by atoms with Crippen LogP contribution in [-0.4, -0.2) is 39.7 Å². The number of aliphatic hydroxyl groups is 1. The van der Waals surface area contributed by atoms with Crippen LogP contribution < -0.4 is 5.32 Å². The Bertz CT molecular complexity index is 393.